The molecule has 6 heteroatoms. The Kier molecular flexibility index (Phi) is 4.58. The third-order valence-corrected chi connectivity index (χ3v) is 3.40. The maximum absolute atomic E-state index is 12.3. The zero-order chi connectivity index (χ0) is 14.8. The van der Waals surface area contributed by atoms with Gasteiger partial charge in [-0.15, -0.1) is 11.6 Å². The largest absolute Gasteiger partial charge is 0.389 e. The third-order valence-electron chi connectivity index (χ3n) is 3.21. The predicted molar refractivity (Wildman–Crippen MR) is 74.2 cm³/mol. The zero-order valence-corrected chi connectivity index (χ0v) is 11.9. The molecule has 0 spiro atoms. The number of hydrogen-bond acceptors (Lipinski definition) is 1. The molecular weight excluding hydrogens is 289 g/mol. The Morgan fingerprint density at radius 1 is 1.30 bits per heavy atom. The van der Waals surface area contributed by atoms with Crippen molar-refractivity contribution in [1.82, 2.24) is 9.55 Å². The van der Waals surface area contributed by atoms with Crippen molar-refractivity contribution in [1.29, 1.82) is 0 Å². The van der Waals surface area contributed by atoms with Crippen molar-refractivity contribution >= 4 is 22.6 Å². The fourth-order valence-electron chi connectivity index (χ4n) is 2.37. The van der Waals surface area contributed by atoms with Crippen LogP contribution in [0.25, 0.3) is 11.0 Å². The van der Waals surface area contributed by atoms with Crippen molar-refractivity contribution in [3.8, 4) is 0 Å². The van der Waals surface area contributed by atoms with E-state index < -0.39 is 12.6 Å². The monoisotopic (exact) mass is 304 g/mol. The molecule has 2 nitrogen and oxygen atoms in total. The van der Waals surface area contributed by atoms with Gasteiger partial charge < -0.3 is 4.57 Å². The highest BCUT2D eigenvalue weighted by Crippen LogP contribution is 2.25. The van der Waals surface area contributed by atoms with Gasteiger partial charge in [0.15, 0.2) is 0 Å². The normalized spacial score (nSPS) is 12.2. The molecule has 110 valence electrons. The lowest BCUT2D eigenvalue weighted by Gasteiger charge is -2.11. The second-order valence-electron chi connectivity index (χ2n) is 4.78. The molecule has 0 amide bonds. The molecule has 0 bridgehead atoms. The van der Waals surface area contributed by atoms with Gasteiger partial charge in [0.1, 0.15) is 5.82 Å². The van der Waals surface area contributed by atoms with Gasteiger partial charge in [-0.1, -0.05) is 12.1 Å². The molecule has 0 aliphatic heterocycles. The number of fused-ring (bicyclic) bond motifs is 1. The van der Waals surface area contributed by atoms with Crippen LogP contribution < -0.4 is 0 Å². The predicted octanol–water partition coefficient (Wildman–Crippen LogP) is 4.47. The van der Waals surface area contributed by atoms with Crippen molar-refractivity contribution in [2.45, 2.75) is 38.9 Å². The van der Waals surface area contributed by atoms with E-state index in [9.17, 15) is 13.2 Å². The van der Waals surface area contributed by atoms with Gasteiger partial charge in [0.2, 0.25) is 0 Å². The summed E-state index contributed by atoms with van der Waals surface area (Å²) in [5.41, 5.74) is 2.75. The first-order valence-electron chi connectivity index (χ1n) is 6.50. The average molecular weight is 305 g/mol. The van der Waals surface area contributed by atoms with Gasteiger partial charge in [0, 0.05) is 25.3 Å². The maximum atomic E-state index is 12.3. The Labute approximate surface area is 120 Å². The summed E-state index contributed by atoms with van der Waals surface area (Å²) in [6.45, 7) is 2.25. The van der Waals surface area contributed by atoms with Crippen LogP contribution in [0.2, 0.25) is 0 Å². The molecule has 20 heavy (non-hydrogen) atoms. The smallest absolute Gasteiger partial charge is 0.328 e. The van der Waals surface area contributed by atoms with E-state index in [-0.39, 0.29) is 6.42 Å². The van der Waals surface area contributed by atoms with Crippen LogP contribution in [0, 0.1) is 6.92 Å². The van der Waals surface area contributed by atoms with Crippen molar-refractivity contribution in [2.24, 2.45) is 0 Å². The molecule has 0 N–H and O–H groups in total. The summed E-state index contributed by atoms with van der Waals surface area (Å²) in [4.78, 5) is 4.48. The van der Waals surface area contributed by atoms with Crippen molar-refractivity contribution in [2.75, 3.05) is 5.88 Å². The lowest BCUT2D eigenvalue weighted by atomic mass is 10.2. The number of para-hydroxylation sites is 1. The Morgan fingerprint density at radius 3 is 2.70 bits per heavy atom. The average Bonchev–Trinajstić information content (AvgIpc) is 2.68. The van der Waals surface area contributed by atoms with Gasteiger partial charge in [0.25, 0.3) is 0 Å². The molecule has 2 aromatic rings. The number of rotatable bonds is 5. The van der Waals surface area contributed by atoms with Crippen molar-refractivity contribution < 1.29 is 13.2 Å². The van der Waals surface area contributed by atoms with E-state index in [0.717, 1.165) is 22.4 Å². The van der Waals surface area contributed by atoms with Crippen LogP contribution in [0.1, 0.15) is 24.2 Å². The van der Waals surface area contributed by atoms with Gasteiger partial charge in [-0.05, 0) is 25.0 Å². The Balaban J connectivity index is 2.31. The molecule has 1 aromatic heterocycles. The lowest BCUT2D eigenvalue weighted by Crippen LogP contribution is -2.11. The van der Waals surface area contributed by atoms with E-state index >= 15 is 0 Å². The second kappa shape index (κ2) is 6.04. The fraction of sp³-hybridized carbons (Fsp3) is 0.500. The first-order chi connectivity index (χ1) is 9.42. The van der Waals surface area contributed by atoms with E-state index in [1.165, 1.54) is 0 Å². The Hall–Kier alpha value is -1.23. The number of aryl methyl sites for hydroxylation is 3. The highest BCUT2D eigenvalue weighted by atomic mass is 35.5. The molecule has 1 aromatic carbocycles. The molecule has 1 heterocycles. The number of nitrogens with zero attached hydrogens (tertiary/aromatic N) is 2. The number of hydrogen-bond donors (Lipinski definition) is 0. The first-order valence-corrected chi connectivity index (χ1v) is 7.03. The summed E-state index contributed by atoms with van der Waals surface area (Å²) in [6, 6.07) is 5.71. The highest BCUT2D eigenvalue weighted by Gasteiger charge is 2.26. The number of benzene rings is 1. The molecule has 0 aliphatic rings. The summed E-state index contributed by atoms with van der Waals surface area (Å²) in [5, 5.41) is 0. The van der Waals surface area contributed by atoms with Gasteiger partial charge in [-0.25, -0.2) is 4.98 Å². The molecule has 0 saturated carbocycles. The van der Waals surface area contributed by atoms with Crippen LogP contribution in [0.3, 0.4) is 0 Å². The number of halogens is 4. The van der Waals surface area contributed by atoms with E-state index in [2.05, 4.69) is 4.98 Å². The maximum Gasteiger partial charge on any atom is 0.389 e. The van der Waals surface area contributed by atoms with Crippen molar-refractivity contribution in [3.05, 3.63) is 29.6 Å². The van der Waals surface area contributed by atoms with Gasteiger partial charge in [-0.3, -0.25) is 0 Å². The second-order valence-corrected chi connectivity index (χ2v) is 5.16. The highest BCUT2D eigenvalue weighted by molar-refractivity contribution is 6.17. The van der Waals surface area contributed by atoms with E-state index in [1.54, 1.807) is 0 Å². The van der Waals surface area contributed by atoms with E-state index in [1.807, 2.05) is 29.7 Å². The standard InChI is InChI=1S/C14H16ClF3N2/c1-10-4-2-5-11-13(10)20(12(19-11)6-8-15)9-3-7-14(16,17)18/h2,4-5H,3,6-9H2,1H3. The summed E-state index contributed by atoms with van der Waals surface area (Å²) in [5.74, 6) is 1.16. The Morgan fingerprint density at radius 2 is 2.05 bits per heavy atom. The molecular formula is C14H16ClF3N2. The minimum atomic E-state index is -4.11. The molecule has 0 radical (unpaired) electrons. The Bertz CT molecular complexity index is 590. The summed E-state index contributed by atoms with van der Waals surface area (Å²) < 4.78 is 38.7. The summed E-state index contributed by atoms with van der Waals surface area (Å²) in [6.07, 6.45) is -4.28. The summed E-state index contributed by atoms with van der Waals surface area (Å²) in [7, 11) is 0. The van der Waals surface area contributed by atoms with Crippen LogP contribution in [0.4, 0.5) is 13.2 Å². The van der Waals surface area contributed by atoms with Gasteiger partial charge >= 0.3 is 6.18 Å². The van der Waals surface area contributed by atoms with Gasteiger partial charge in [-0.2, -0.15) is 13.2 Å². The minimum Gasteiger partial charge on any atom is -0.328 e. The zero-order valence-electron chi connectivity index (χ0n) is 11.2. The van der Waals surface area contributed by atoms with E-state index in [4.69, 9.17) is 11.6 Å². The minimum absolute atomic E-state index is 0.0541. The number of aromatic nitrogens is 2. The van der Waals surface area contributed by atoms with Crippen LogP contribution in [-0.2, 0) is 13.0 Å². The molecule has 0 unspecified atom stereocenters. The number of imidazole rings is 1. The molecule has 0 aliphatic carbocycles. The summed E-state index contributed by atoms with van der Waals surface area (Å²) >= 11 is 5.75. The third kappa shape index (κ3) is 3.45. The lowest BCUT2D eigenvalue weighted by molar-refractivity contribution is -0.135. The quantitative estimate of drug-likeness (QED) is 0.745. The number of alkyl halides is 4. The molecule has 0 saturated heterocycles. The first kappa shape index (κ1) is 15.2. The van der Waals surface area contributed by atoms with Crippen LogP contribution >= 0.6 is 11.6 Å². The van der Waals surface area contributed by atoms with Crippen LogP contribution in [0.15, 0.2) is 18.2 Å². The fourth-order valence-corrected chi connectivity index (χ4v) is 2.54. The topological polar surface area (TPSA) is 17.8 Å². The SMILES string of the molecule is Cc1cccc2nc(CCCl)n(CCCC(F)(F)F)c12. The molecule has 2 rings (SSSR count). The molecule has 0 fully saturated rings. The van der Waals surface area contributed by atoms with Crippen molar-refractivity contribution in [3.63, 3.8) is 0 Å². The van der Waals surface area contributed by atoms with E-state index in [0.29, 0.717) is 18.8 Å². The van der Waals surface area contributed by atoms with Crippen LogP contribution in [0.5, 0.6) is 0 Å². The van der Waals surface area contributed by atoms with Crippen LogP contribution in [-0.4, -0.2) is 21.6 Å². The molecule has 0 atom stereocenters. The van der Waals surface area contributed by atoms with Gasteiger partial charge in [0.05, 0.1) is 11.0 Å².